The third kappa shape index (κ3) is 2.07. The van der Waals surface area contributed by atoms with Gasteiger partial charge in [0, 0.05) is 18.3 Å². The maximum absolute atomic E-state index is 11.3. The van der Waals surface area contributed by atoms with Crippen molar-refractivity contribution in [1.82, 2.24) is 0 Å². The van der Waals surface area contributed by atoms with Crippen molar-refractivity contribution in [3.05, 3.63) is 17.7 Å². The fourth-order valence-corrected chi connectivity index (χ4v) is 2.34. The molecule has 1 aliphatic heterocycles. The lowest BCUT2D eigenvalue weighted by Gasteiger charge is -2.29. The topological polar surface area (TPSA) is 58.4 Å². The van der Waals surface area contributed by atoms with E-state index < -0.39 is 0 Å². The Bertz CT molecular complexity index is 454. The van der Waals surface area contributed by atoms with Gasteiger partial charge in [0.25, 0.3) is 0 Å². The minimum Gasteiger partial charge on any atom is -0.397 e. The van der Waals surface area contributed by atoms with Gasteiger partial charge in [-0.1, -0.05) is 0 Å². The molecule has 0 saturated heterocycles. The van der Waals surface area contributed by atoms with Crippen molar-refractivity contribution in [3.63, 3.8) is 0 Å². The lowest BCUT2D eigenvalue weighted by atomic mass is 10.1. The minimum atomic E-state index is 0.0455. The molecule has 4 heteroatoms. The molecule has 2 rings (SSSR count). The average molecular weight is 233 g/mol. The van der Waals surface area contributed by atoms with Crippen LogP contribution >= 0.6 is 0 Å². The molecule has 92 valence electrons. The zero-order valence-electron chi connectivity index (χ0n) is 10.6. The van der Waals surface area contributed by atoms with Crippen molar-refractivity contribution in [2.45, 2.75) is 33.2 Å². The number of hydrogen-bond acceptors (Lipinski definition) is 3. The van der Waals surface area contributed by atoms with Gasteiger partial charge in [0.2, 0.25) is 5.91 Å². The number of hydrogen-bond donors (Lipinski definition) is 2. The maximum atomic E-state index is 11.3. The Balaban J connectivity index is 2.43. The van der Waals surface area contributed by atoms with E-state index in [9.17, 15) is 4.79 Å². The number of benzene rings is 1. The summed E-state index contributed by atoms with van der Waals surface area (Å²) in [7, 11) is 0. The molecule has 3 N–H and O–H groups in total. The van der Waals surface area contributed by atoms with Crippen LogP contribution in [0, 0.1) is 0 Å². The molecule has 0 atom stereocenters. The van der Waals surface area contributed by atoms with Crippen LogP contribution in [-0.4, -0.2) is 18.5 Å². The number of amides is 1. The maximum Gasteiger partial charge on any atom is 0.228 e. The van der Waals surface area contributed by atoms with E-state index in [0.717, 1.165) is 29.2 Å². The largest absolute Gasteiger partial charge is 0.397 e. The van der Waals surface area contributed by atoms with Gasteiger partial charge < -0.3 is 16.0 Å². The van der Waals surface area contributed by atoms with Gasteiger partial charge in [-0.25, -0.2) is 0 Å². The number of carbonyl (C=O) groups is 1. The minimum absolute atomic E-state index is 0.0455. The SMILES string of the molecule is CCN(c1cc2c(cc1N)CC(=O)N2)C(C)C. The van der Waals surface area contributed by atoms with Crippen LogP contribution in [0.1, 0.15) is 26.3 Å². The molecule has 0 radical (unpaired) electrons. The highest BCUT2D eigenvalue weighted by Crippen LogP contribution is 2.34. The smallest absolute Gasteiger partial charge is 0.228 e. The van der Waals surface area contributed by atoms with Crippen LogP contribution in [0.25, 0.3) is 0 Å². The van der Waals surface area contributed by atoms with Crippen LogP contribution in [0.4, 0.5) is 17.1 Å². The van der Waals surface area contributed by atoms with E-state index in [1.807, 2.05) is 12.1 Å². The highest BCUT2D eigenvalue weighted by Gasteiger charge is 2.21. The third-order valence-electron chi connectivity index (χ3n) is 3.15. The van der Waals surface area contributed by atoms with Crippen LogP contribution in [0.15, 0.2) is 12.1 Å². The Morgan fingerprint density at radius 1 is 1.47 bits per heavy atom. The zero-order valence-corrected chi connectivity index (χ0v) is 10.6. The standard InChI is InChI=1S/C13H19N3O/c1-4-16(8(2)3)12-7-11-9(5-10(12)14)6-13(17)15-11/h5,7-8H,4,6,14H2,1-3H3,(H,15,17). The van der Waals surface area contributed by atoms with E-state index in [0.29, 0.717) is 12.5 Å². The number of rotatable bonds is 3. The molecule has 0 aromatic heterocycles. The summed E-state index contributed by atoms with van der Waals surface area (Å²) in [6.07, 6.45) is 0.438. The summed E-state index contributed by atoms with van der Waals surface area (Å²) >= 11 is 0. The second-order valence-corrected chi connectivity index (χ2v) is 4.67. The van der Waals surface area contributed by atoms with E-state index in [4.69, 9.17) is 5.73 Å². The number of nitrogens with one attached hydrogen (secondary N) is 1. The monoisotopic (exact) mass is 233 g/mol. The Morgan fingerprint density at radius 3 is 2.76 bits per heavy atom. The first-order valence-electron chi connectivity index (χ1n) is 6.01. The van der Waals surface area contributed by atoms with Crippen LogP contribution in [0.2, 0.25) is 0 Å². The summed E-state index contributed by atoms with van der Waals surface area (Å²) in [5.41, 5.74) is 9.72. The van der Waals surface area contributed by atoms with E-state index >= 15 is 0 Å². The number of nitrogens with two attached hydrogens (primary N) is 1. The van der Waals surface area contributed by atoms with Crippen LogP contribution in [0.5, 0.6) is 0 Å². The number of nitrogens with zero attached hydrogens (tertiary/aromatic N) is 1. The molecular formula is C13H19N3O. The number of carbonyl (C=O) groups excluding carboxylic acids is 1. The van der Waals surface area contributed by atoms with Crippen molar-refractivity contribution < 1.29 is 4.79 Å². The van der Waals surface area contributed by atoms with Gasteiger partial charge in [-0.05, 0) is 38.5 Å². The molecule has 4 nitrogen and oxygen atoms in total. The zero-order chi connectivity index (χ0) is 12.6. The fourth-order valence-electron chi connectivity index (χ4n) is 2.34. The fraction of sp³-hybridized carbons (Fsp3) is 0.462. The molecule has 1 amide bonds. The first-order valence-corrected chi connectivity index (χ1v) is 6.01. The lowest BCUT2D eigenvalue weighted by molar-refractivity contribution is -0.115. The van der Waals surface area contributed by atoms with Gasteiger partial charge in [-0.15, -0.1) is 0 Å². The van der Waals surface area contributed by atoms with Gasteiger partial charge in [0.1, 0.15) is 0 Å². The summed E-state index contributed by atoms with van der Waals surface area (Å²) in [6.45, 7) is 7.27. The van der Waals surface area contributed by atoms with Gasteiger partial charge in [0.15, 0.2) is 0 Å². The van der Waals surface area contributed by atoms with Crippen LogP contribution in [-0.2, 0) is 11.2 Å². The predicted molar refractivity (Wildman–Crippen MR) is 71.3 cm³/mol. The molecule has 1 aliphatic rings. The second-order valence-electron chi connectivity index (χ2n) is 4.67. The number of nitrogen functional groups attached to an aromatic ring is 1. The van der Waals surface area contributed by atoms with Crippen molar-refractivity contribution in [1.29, 1.82) is 0 Å². The van der Waals surface area contributed by atoms with Crippen molar-refractivity contribution in [2.24, 2.45) is 0 Å². The molecule has 0 unspecified atom stereocenters. The van der Waals surface area contributed by atoms with Gasteiger partial charge in [-0.3, -0.25) is 4.79 Å². The van der Waals surface area contributed by atoms with E-state index in [1.54, 1.807) is 0 Å². The van der Waals surface area contributed by atoms with Crippen LogP contribution in [0.3, 0.4) is 0 Å². The highest BCUT2D eigenvalue weighted by molar-refractivity contribution is 6.00. The van der Waals surface area contributed by atoms with E-state index in [2.05, 4.69) is 31.0 Å². The second kappa shape index (κ2) is 4.28. The summed E-state index contributed by atoms with van der Waals surface area (Å²) < 4.78 is 0. The normalized spacial score (nSPS) is 13.8. The van der Waals surface area contributed by atoms with E-state index in [-0.39, 0.29) is 5.91 Å². The number of fused-ring (bicyclic) bond motifs is 1. The summed E-state index contributed by atoms with van der Waals surface area (Å²) in [5.74, 6) is 0.0455. The first kappa shape index (κ1) is 11.8. The highest BCUT2D eigenvalue weighted by atomic mass is 16.1. The average Bonchev–Trinajstić information content (AvgIpc) is 2.58. The van der Waals surface area contributed by atoms with Crippen molar-refractivity contribution >= 4 is 23.0 Å². The summed E-state index contributed by atoms with van der Waals surface area (Å²) in [6, 6.07) is 4.28. The summed E-state index contributed by atoms with van der Waals surface area (Å²) in [4.78, 5) is 13.6. The molecule has 0 spiro atoms. The van der Waals surface area contributed by atoms with Crippen LogP contribution < -0.4 is 16.0 Å². The van der Waals surface area contributed by atoms with Gasteiger partial charge >= 0.3 is 0 Å². The summed E-state index contributed by atoms with van der Waals surface area (Å²) in [5, 5.41) is 2.86. The molecule has 1 heterocycles. The predicted octanol–water partition coefficient (Wildman–Crippen LogP) is 2.00. The molecule has 0 bridgehead atoms. The molecule has 0 fully saturated rings. The van der Waals surface area contributed by atoms with Gasteiger partial charge in [-0.2, -0.15) is 0 Å². The Morgan fingerprint density at radius 2 is 2.18 bits per heavy atom. The quantitative estimate of drug-likeness (QED) is 0.785. The lowest BCUT2D eigenvalue weighted by Crippen LogP contribution is -2.31. The van der Waals surface area contributed by atoms with Gasteiger partial charge in [0.05, 0.1) is 17.8 Å². The van der Waals surface area contributed by atoms with Crippen molar-refractivity contribution in [3.8, 4) is 0 Å². The first-order chi connectivity index (χ1) is 8.02. The third-order valence-corrected chi connectivity index (χ3v) is 3.15. The Labute approximate surface area is 102 Å². The molecule has 1 aromatic rings. The molecule has 1 aromatic carbocycles. The Hall–Kier alpha value is -1.71. The number of anilines is 3. The van der Waals surface area contributed by atoms with Crippen molar-refractivity contribution in [2.75, 3.05) is 22.5 Å². The molecule has 0 aliphatic carbocycles. The molecule has 17 heavy (non-hydrogen) atoms. The Kier molecular flexibility index (Phi) is 2.96. The molecular weight excluding hydrogens is 214 g/mol. The van der Waals surface area contributed by atoms with E-state index in [1.165, 1.54) is 0 Å². The molecule has 0 saturated carbocycles.